The predicted molar refractivity (Wildman–Crippen MR) is 114 cm³/mol. The van der Waals surface area contributed by atoms with Gasteiger partial charge in [-0.05, 0) is 55.0 Å². The number of likely N-dealkylation sites (tertiary alicyclic amines) is 1. The van der Waals surface area contributed by atoms with Crippen LogP contribution >= 0.6 is 11.3 Å². The molecule has 2 aliphatic rings. The summed E-state index contributed by atoms with van der Waals surface area (Å²) in [6.07, 6.45) is 2.16. The number of nitrogens with zero attached hydrogens (tertiary/aromatic N) is 2. The maximum Gasteiger partial charge on any atom is 0.263 e. The molecule has 154 valence electrons. The zero-order chi connectivity index (χ0) is 20.4. The van der Waals surface area contributed by atoms with Crippen LogP contribution in [0.4, 0.5) is 11.4 Å². The van der Waals surface area contributed by atoms with Crippen molar-refractivity contribution in [2.24, 2.45) is 5.92 Å². The van der Waals surface area contributed by atoms with Gasteiger partial charge in [-0.2, -0.15) is 0 Å². The van der Waals surface area contributed by atoms with Gasteiger partial charge in [-0.3, -0.25) is 13.9 Å². The van der Waals surface area contributed by atoms with E-state index in [1.165, 1.54) is 15.6 Å². The first-order chi connectivity index (χ1) is 13.9. The zero-order valence-corrected chi connectivity index (χ0v) is 17.5. The third-order valence-corrected chi connectivity index (χ3v) is 8.06. The molecule has 0 unspecified atom stereocenters. The van der Waals surface area contributed by atoms with Gasteiger partial charge in [-0.25, -0.2) is 8.42 Å². The van der Waals surface area contributed by atoms with Crippen molar-refractivity contribution in [3.05, 3.63) is 46.7 Å². The zero-order valence-electron chi connectivity index (χ0n) is 15.9. The molecule has 2 aliphatic heterocycles. The lowest BCUT2D eigenvalue weighted by atomic mass is 9.97. The fourth-order valence-electron chi connectivity index (χ4n) is 3.82. The second-order valence-corrected chi connectivity index (χ2v) is 10.3. The standard InChI is InChI=1S/C20H23N3O4S2/c24-19(15-4-1-10-22(14-15)20(25)18-5-2-12-28-18)21-16-6-8-17(9-7-16)23-11-3-13-29(23,26)27/h2,5-9,12,15H,1,3-4,10-11,13-14H2,(H,21,24)/t15-/m1/s1. The van der Waals surface area contributed by atoms with Gasteiger partial charge in [0.15, 0.2) is 0 Å². The molecule has 29 heavy (non-hydrogen) atoms. The van der Waals surface area contributed by atoms with Crippen molar-refractivity contribution in [2.75, 3.05) is 35.0 Å². The Balaban J connectivity index is 1.38. The third-order valence-electron chi connectivity index (χ3n) is 5.33. The van der Waals surface area contributed by atoms with Crippen LogP contribution < -0.4 is 9.62 Å². The first-order valence-corrected chi connectivity index (χ1v) is 12.2. The number of piperidine rings is 1. The molecule has 4 rings (SSSR count). The molecular formula is C20H23N3O4S2. The lowest BCUT2D eigenvalue weighted by molar-refractivity contribution is -0.121. The molecule has 0 saturated carbocycles. The van der Waals surface area contributed by atoms with Crippen LogP contribution in [0.3, 0.4) is 0 Å². The predicted octanol–water partition coefficient (Wildman–Crippen LogP) is 2.78. The summed E-state index contributed by atoms with van der Waals surface area (Å²) in [5, 5.41) is 4.78. The number of benzene rings is 1. The van der Waals surface area contributed by atoms with Crippen molar-refractivity contribution >= 4 is 44.5 Å². The molecule has 1 N–H and O–H groups in total. The van der Waals surface area contributed by atoms with Crippen LogP contribution in [-0.4, -0.2) is 50.5 Å². The molecular weight excluding hydrogens is 410 g/mol. The fourth-order valence-corrected chi connectivity index (χ4v) is 6.07. The summed E-state index contributed by atoms with van der Waals surface area (Å²) in [4.78, 5) is 27.7. The number of carbonyl (C=O) groups is 2. The highest BCUT2D eigenvalue weighted by Gasteiger charge is 2.30. The first-order valence-electron chi connectivity index (χ1n) is 9.68. The van der Waals surface area contributed by atoms with Gasteiger partial charge in [0.1, 0.15) is 0 Å². The lowest BCUT2D eigenvalue weighted by Crippen LogP contribution is -2.43. The number of thiophene rings is 1. The number of anilines is 2. The van der Waals surface area contributed by atoms with E-state index in [2.05, 4.69) is 5.32 Å². The van der Waals surface area contributed by atoms with Crippen molar-refractivity contribution in [2.45, 2.75) is 19.3 Å². The number of amides is 2. The quantitative estimate of drug-likeness (QED) is 0.803. The van der Waals surface area contributed by atoms with Crippen molar-refractivity contribution < 1.29 is 18.0 Å². The molecule has 2 aromatic rings. The van der Waals surface area contributed by atoms with Crippen molar-refractivity contribution in [1.29, 1.82) is 0 Å². The van der Waals surface area contributed by atoms with Crippen molar-refractivity contribution in [1.82, 2.24) is 4.90 Å². The third kappa shape index (κ3) is 4.30. The molecule has 0 spiro atoms. The second-order valence-electron chi connectivity index (χ2n) is 7.35. The Hall–Kier alpha value is -2.39. The average Bonchev–Trinajstić information content (AvgIpc) is 3.37. The SMILES string of the molecule is O=C(Nc1ccc(N2CCCS2(=O)=O)cc1)[C@@H]1CCCN(C(=O)c2cccs2)C1. The molecule has 2 saturated heterocycles. The maximum absolute atomic E-state index is 12.7. The topological polar surface area (TPSA) is 86.8 Å². The summed E-state index contributed by atoms with van der Waals surface area (Å²) in [7, 11) is -3.22. The van der Waals surface area contributed by atoms with E-state index in [1.54, 1.807) is 35.2 Å². The average molecular weight is 434 g/mol. The highest BCUT2D eigenvalue weighted by atomic mass is 32.2. The highest BCUT2D eigenvalue weighted by molar-refractivity contribution is 7.93. The Morgan fingerprint density at radius 1 is 1.07 bits per heavy atom. The summed E-state index contributed by atoms with van der Waals surface area (Å²) >= 11 is 1.41. The number of carbonyl (C=O) groups excluding carboxylic acids is 2. The summed E-state index contributed by atoms with van der Waals surface area (Å²) in [5.41, 5.74) is 1.24. The van der Waals surface area contributed by atoms with Gasteiger partial charge in [0.2, 0.25) is 15.9 Å². The van der Waals surface area contributed by atoms with Gasteiger partial charge >= 0.3 is 0 Å². The first kappa shape index (κ1) is 19.9. The molecule has 2 amide bonds. The van der Waals surface area contributed by atoms with Gasteiger partial charge < -0.3 is 10.2 Å². The van der Waals surface area contributed by atoms with Gasteiger partial charge in [0.05, 0.1) is 22.2 Å². The van der Waals surface area contributed by atoms with E-state index in [4.69, 9.17) is 0 Å². The molecule has 1 aromatic heterocycles. The fraction of sp³-hybridized carbons (Fsp3) is 0.400. The van der Waals surface area contributed by atoms with Gasteiger partial charge in [0, 0.05) is 25.3 Å². The van der Waals surface area contributed by atoms with E-state index in [0.717, 1.165) is 12.8 Å². The van der Waals surface area contributed by atoms with Crippen LogP contribution in [0.25, 0.3) is 0 Å². The Morgan fingerprint density at radius 3 is 2.52 bits per heavy atom. The number of hydrogen-bond donors (Lipinski definition) is 1. The van der Waals surface area contributed by atoms with E-state index in [1.807, 2.05) is 11.4 Å². The molecule has 0 bridgehead atoms. The molecule has 7 nitrogen and oxygen atoms in total. The van der Waals surface area contributed by atoms with Gasteiger partial charge in [-0.15, -0.1) is 11.3 Å². The molecule has 3 heterocycles. The van der Waals surface area contributed by atoms with E-state index in [-0.39, 0.29) is 23.5 Å². The van der Waals surface area contributed by atoms with E-state index < -0.39 is 10.0 Å². The Labute approximate surface area is 174 Å². The summed E-state index contributed by atoms with van der Waals surface area (Å²) in [5.74, 6) is -0.219. The number of nitrogens with one attached hydrogen (secondary N) is 1. The molecule has 1 aromatic carbocycles. The van der Waals surface area contributed by atoms with Crippen LogP contribution in [0.1, 0.15) is 28.9 Å². The molecule has 0 radical (unpaired) electrons. The van der Waals surface area contributed by atoms with Gasteiger partial charge in [0.25, 0.3) is 5.91 Å². The molecule has 0 aliphatic carbocycles. The van der Waals surface area contributed by atoms with Gasteiger partial charge in [-0.1, -0.05) is 6.07 Å². The van der Waals surface area contributed by atoms with Crippen LogP contribution in [-0.2, 0) is 14.8 Å². The maximum atomic E-state index is 12.7. The van der Waals surface area contributed by atoms with E-state index >= 15 is 0 Å². The smallest absolute Gasteiger partial charge is 0.263 e. The lowest BCUT2D eigenvalue weighted by Gasteiger charge is -2.31. The van der Waals surface area contributed by atoms with Crippen molar-refractivity contribution in [3.8, 4) is 0 Å². The minimum absolute atomic E-state index is 0.0197. The monoisotopic (exact) mass is 433 g/mol. The number of rotatable bonds is 4. The van der Waals surface area contributed by atoms with Crippen LogP contribution in [0, 0.1) is 5.92 Å². The normalized spacial score (nSPS) is 21.2. The minimum Gasteiger partial charge on any atom is -0.337 e. The second kappa shape index (κ2) is 8.16. The van der Waals surface area contributed by atoms with Crippen LogP contribution in [0.2, 0.25) is 0 Å². The summed E-state index contributed by atoms with van der Waals surface area (Å²) < 4.78 is 25.5. The van der Waals surface area contributed by atoms with E-state index in [9.17, 15) is 18.0 Å². The van der Waals surface area contributed by atoms with E-state index in [0.29, 0.717) is 42.3 Å². The van der Waals surface area contributed by atoms with Crippen molar-refractivity contribution in [3.63, 3.8) is 0 Å². The molecule has 9 heteroatoms. The molecule has 1 atom stereocenters. The minimum atomic E-state index is -3.22. The Bertz CT molecular complexity index is 987. The van der Waals surface area contributed by atoms with Crippen LogP contribution in [0.5, 0.6) is 0 Å². The highest BCUT2D eigenvalue weighted by Crippen LogP contribution is 2.26. The Kier molecular flexibility index (Phi) is 5.60. The molecule has 2 fully saturated rings. The number of sulfonamides is 1. The summed E-state index contributed by atoms with van der Waals surface area (Å²) in [6, 6.07) is 10.5. The Morgan fingerprint density at radius 2 is 1.86 bits per heavy atom. The summed E-state index contributed by atoms with van der Waals surface area (Å²) in [6.45, 7) is 1.57. The largest absolute Gasteiger partial charge is 0.337 e. The number of hydrogen-bond acceptors (Lipinski definition) is 5. The van der Waals surface area contributed by atoms with Crippen LogP contribution in [0.15, 0.2) is 41.8 Å².